The van der Waals surface area contributed by atoms with Crippen molar-refractivity contribution in [2.75, 3.05) is 33.3 Å². The van der Waals surface area contributed by atoms with Crippen LogP contribution >= 0.6 is 0 Å². The van der Waals surface area contributed by atoms with Crippen LogP contribution in [0.25, 0.3) is 0 Å². The van der Waals surface area contributed by atoms with Gasteiger partial charge in [-0.2, -0.15) is 0 Å². The molecule has 3 N–H and O–H groups in total. The molecule has 114 valence electrons. The number of methoxy groups -OCH3 is 1. The molecule has 2 amide bonds. The van der Waals surface area contributed by atoms with Crippen molar-refractivity contribution >= 4 is 11.8 Å². The quantitative estimate of drug-likeness (QED) is 0.805. The molecule has 1 aliphatic heterocycles. The lowest BCUT2D eigenvalue weighted by atomic mass is 9.98. The molecule has 6 nitrogen and oxygen atoms in total. The summed E-state index contributed by atoms with van der Waals surface area (Å²) in [6.45, 7) is 1.32. The van der Waals surface area contributed by atoms with E-state index in [1.165, 1.54) is 5.56 Å². The molecule has 1 saturated heterocycles. The Morgan fingerprint density at radius 1 is 1.38 bits per heavy atom. The minimum absolute atomic E-state index is 0.0192. The van der Waals surface area contributed by atoms with Crippen LogP contribution in [-0.2, 0) is 9.59 Å². The number of nitrogens with one attached hydrogen (secondary N) is 1. The Morgan fingerprint density at radius 2 is 2.10 bits per heavy atom. The molecule has 1 unspecified atom stereocenters. The molecule has 1 aromatic carbocycles. The lowest BCUT2D eigenvalue weighted by Crippen LogP contribution is -2.40. The number of benzene rings is 1. The zero-order valence-corrected chi connectivity index (χ0v) is 12.2. The van der Waals surface area contributed by atoms with E-state index in [1.807, 2.05) is 24.3 Å². The number of ether oxygens (including phenoxy) is 1. The highest BCUT2D eigenvalue weighted by Crippen LogP contribution is 2.28. The average molecular weight is 291 g/mol. The van der Waals surface area contributed by atoms with Crippen LogP contribution in [0.15, 0.2) is 24.3 Å². The maximum Gasteiger partial charge on any atom is 0.241 e. The molecule has 1 fully saturated rings. The molecule has 0 aromatic heterocycles. The Labute approximate surface area is 124 Å². The van der Waals surface area contributed by atoms with Gasteiger partial charge in [0.25, 0.3) is 0 Å². The zero-order valence-electron chi connectivity index (χ0n) is 12.2. The molecule has 21 heavy (non-hydrogen) atoms. The summed E-state index contributed by atoms with van der Waals surface area (Å²) in [5.41, 5.74) is 6.39. The van der Waals surface area contributed by atoms with Crippen LogP contribution in [-0.4, -0.2) is 50.0 Å². The number of carbonyl (C=O) groups excluding carboxylic acids is 2. The van der Waals surface area contributed by atoms with Crippen LogP contribution in [0.4, 0.5) is 0 Å². The molecule has 0 aliphatic carbocycles. The first-order valence-corrected chi connectivity index (χ1v) is 7.02. The maximum absolute atomic E-state index is 12.0. The van der Waals surface area contributed by atoms with Gasteiger partial charge in [-0.05, 0) is 24.1 Å². The fourth-order valence-electron chi connectivity index (χ4n) is 2.49. The van der Waals surface area contributed by atoms with E-state index in [0.717, 1.165) is 12.2 Å². The van der Waals surface area contributed by atoms with Gasteiger partial charge >= 0.3 is 0 Å². The predicted molar refractivity (Wildman–Crippen MR) is 79.0 cm³/mol. The second kappa shape index (κ2) is 7.08. The van der Waals surface area contributed by atoms with E-state index in [0.29, 0.717) is 19.0 Å². The number of nitrogens with zero attached hydrogens (tertiary/aromatic N) is 1. The van der Waals surface area contributed by atoms with E-state index >= 15 is 0 Å². The van der Waals surface area contributed by atoms with E-state index < -0.39 is 0 Å². The summed E-state index contributed by atoms with van der Waals surface area (Å²) in [6, 6.07) is 7.93. The Morgan fingerprint density at radius 3 is 2.71 bits per heavy atom. The van der Waals surface area contributed by atoms with E-state index in [9.17, 15) is 9.59 Å². The number of rotatable bonds is 5. The fraction of sp³-hybridized carbons (Fsp3) is 0.467. The minimum atomic E-state index is -0.311. The number of hydrogen-bond donors (Lipinski definition) is 2. The molecule has 1 aromatic rings. The van der Waals surface area contributed by atoms with Crippen LogP contribution in [0.5, 0.6) is 5.75 Å². The van der Waals surface area contributed by atoms with Crippen molar-refractivity contribution in [2.45, 2.75) is 12.3 Å². The van der Waals surface area contributed by atoms with Crippen molar-refractivity contribution in [1.29, 1.82) is 0 Å². The molecule has 1 atom stereocenters. The van der Waals surface area contributed by atoms with Gasteiger partial charge in [0.1, 0.15) is 5.75 Å². The van der Waals surface area contributed by atoms with Gasteiger partial charge in [0.05, 0.1) is 20.2 Å². The molecule has 1 heterocycles. The third-order valence-electron chi connectivity index (χ3n) is 3.75. The van der Waals surface area contributed by atoms with E-state index in [2.05, 4.69) is 5.32 Å². The minimum Gasteiger partial charge on any atom is -0.497 e. The molecule has 0 spiro atoms. The third-order valence-corrected chi connectivity index (χ3v) is 3.75. The Hall–Kier alpha value is -2.08. The first-order chi connectivity index (χ1) is 10.1. The normalized spacial score (nSPS) is 17.6. The summed E-state index contributed by atoms with van der Waals surface area (Å²) in [5, 5.41) is 2.51. The van der Waals surface area contributed by atoms with E-state index in [1.54, 1.807) is 12.0 Å². The number of amides is 2. The van der Waals surface area contributed by atoms with Crippen molar-refractivity contribution in [3.63, 3.8) is 0 Å². The van der Waals surface area contributed by atoms with Crippen LogP contribution < -0.4 is 15.8 Å². The Balaban J connectivity index is 1.87. The maximum atomic E-state index is 12.0. The third kappa shape index (κ3) is 3.95. The molecule has 1 aliphatic rings. The topological polar surface area (TPSA) is 84.7 Å². The van der Waals surface area contributed by atoms with Gasteiger partial charge in [0.2, 0.25) is 11.8 Å². The predicted octanol–water partition coefficient (Wildman–Crippen LogP) is 0.0860. The highest BCUT2D eigenvalue weighted by Gasteiger charge is 2.27. The van der Waals surface area contributed by atoms with Crippen molar-refractivity contribution < 1.29 is 14.3 Å². The number of carbonyl (C=O) groups is 2. The van der Waals surface area contributed by atoms with Gasteiger partial charge in [-0.25, -0.2) is 0 Å². The lowest BCUT2D eigenvalue weighted by Gasteiger charge is -2.17. The summed E-state index contributed by atoms with van der Waals surface area (Å²) in [5.74, 6) is 0.793. The van der Waals surface area contributed by atoms with Crippen LogP contribution in [0.1, 0.15) is 17.9 Å². The van der Waals surface area contributed by atoms with Crippen molar-refractivity contribution in [3.05, 3.63) is 29.8 Å². The lowest BCUT2D eigenvalue weighted by molar-refractivity contribution is -0.131. The van der Waals surface area contributed by atoms with Gasteiger partial charge < -0.3 is 20.7 Å². The van der Waals surface area contributed by atoms with Gasteiger partial charge in [-0.15, -0.1) is 0 Å². The van der Waals surface area contributed by atoms with Crippen LogP contribution in [0, 0.1) is 0 Å². The first kappa shape index (κ1) is 15.3. The number of nitrogens with two attached hydrogens (primary N) is 1. The van der Waals surface area contributed by atoms with Crippen molar-refractivity contribution in [2.24, 2.45) is 5.73 Å². The Bertz CT molecular complexity index is 501. The standard InChI is InChI=1S/C15H21N3O3/c1-21-13-4-2-11(3-5-13)12-6-7-18(10-12)15(20)9-17-14(19)8-16/h2-5,12H,6-10,16H2,1H3,(H,17,19). The van der Waals surface area contributed by atoms with Gasteiger partial charge in [-0.3, -0.25) is 9.59 Å². The number of likely N-dealkylation sites (tertiary alicyclic amines) is 1. The summed E-state index contributed by atoms with van der Waals surface area (Å²) in [6.07, 6.45) is 0.933. The average Bonchev–Trinajstić information content (AvgIpc) is 3.02. The molecular formula is C15H21N3O3. The van der Waals surface area contributed by atoms with Gasteiger partial charge in [-0.1, -0.05) is 12.1 Å². The summed E-state index contributed by atoms with van der Waals surface area (Å²) < 4.78 is 5.14. The van der Waals surface area contributed by atoms with Crippen molar-refractivity contribution in [1.82, 2.24) is 10.2 Å². The summed E-state index contributed by atoms with van der Waals surface area (Å²) >= 11 is 0. The largest absolute Gasteiger partial charge is 0.497 e. The monoisotopic (exact) mass is 291 g/mol. The first-order valence-electron chi connectivity index (χ1n) is 7.02. The second-order valence-corrected chi connectivity index (χ2v) is 5.08. The van der Waals surface area contributed by atoms with Gasteiger partial charge in [0, 0.05) is 19.0 Å². The molecule has 0 radical (unpaired) electrons. The molecule has 2 rings (SSSR count). The van der Waals surface area contributed by atoms with Gasteiger partial charge in [0.15, 0.2) is 0 Å². The molecule has 0 saturated carbocycles. The summed E-state index contributed by atoms with van der Waals surface area (Å²) in [7, 11) is 1.64. The van der Waals surface area contributed by atoms with Crippen LogP contribution in [0.3, 0.4) is 0 Å². The van der Waals surface area contributed by atoms with Crippen molar-refractivity contribution in [3.8, 4) is 5.75 Å². The SMILES string of the molecule is COc1ccc(C2CCN(C(=O)CNC(=O)CN)C2)cc1. The fourth-order valence-corrected chi connectivity index (χ4v) is 2.49. The van der Waals surface area contributed by atoms with Crippen LogP contribution in [0.2, 0.25) is 0 Å². The molecular weight excluding hydrogens is 270 g/mol. The van der Waals surface area contributed by atoms with E-state index in [4.69, 9.17) is 10.5 Å². The Kier molecular flexibility index (Phi) is 5.16. The number of hydrogen-bond acceptors (Lipinski definition) is 4. The second-order valence-electron chi connectivity index (χ2n) is 5.08. The summed E-state index contributed by atoms with van der Waals surface area (Å²) in [4.78, 5) is 24.8. The zero-order chi connectivity index (χ0) is 15.2. The highest BCUT2D eigenvalue weighted by molar-refractivity contribution is 5.85. The molecule has 6 heteroatoms. The van der Waals surface area contributed by atoms with E-state index in [-0.39, 0.29) is 24.9 Å². The highest BCUT2D eigenvalue weighted by atomic mass is 16.5. The smallest absolute Gasteiger partial charge is 0.241 e. The molecule has 0 bridgehead atoms.